The Labute approximate surface area is 129 Å². The van der Waals surface area contributed by atoms with Crippen molar-refractivity contribution in [3.05, 3.63) is 53.6 Å². The molecule has 0 bridgehead atoms. The van der Waals surface area contributed by atoms with E-state index >= 15 is 0 Å². The predicted octanol–water partition coefficient (Wildman–Crippen LogP) is 3.26. The molecule has 21 heavy (non-hydrogen) atoms. The molecule has 0 spiro atoms. The molecule has 0 unspecified atom stereocenters. The second-order valence-electron chi connectivity index (χ2n) is 5.18. The smallest absolute Gasteiger partial charge is 0.237 e. The van der Waals surface area contributed by atoms with E-state index in [1.165, 1.54) is 5.56 Å². The summed E-state index contributed by atoms with van der Waals surface area (Å²) in [5.41, 5.74) is 10.1. The molecule has 108 valence electrons. The molecule has 2 N–H and O–H groups in total. The lowest BCUT2D eigenvalue weighted by molar-refractivity contribution is -0.116. The molecular formula is C17H18N2OS. The summed E-state index contributed by atoms with van der Waals surface area (Å²) >= 11 is 1.56. The SMILES string of the molecule is Cc1c(N)cccc1SCC(=O)N1CCc2ccccc21. The average molecular weight is 298 g/mol. The summed E-state index contributed by atoms with van der Waals surface area (Å²) in [5, 5.41) is 0. The van der Waals surface area contributed by atoms with E-state index in [0.717, 1.165) is 34.8 Å². The lowest BCUT2D eigenvalue weighted by Gasteiger charge is -2.17. The van der Waals surface area contributed by atoms with Crippen molar-refractivity contribution in [3.8, 4) is 0 Å². The average Bonchev–Trinajstić information content (AvgIpc) is 2.92. The van der Waals surface area contributed by atoms with Crippen LogP contribution in [0.15, 0.2) is 47.4 Å². The lowest BCUT2D eigenvalue weighted by atomic mass is 10.2. The Balaban J connectivity index is 1.69. The van der Waals surface area contributed by atoms with Crippen LogP contribution in [-0.2, 0) is 11.2 Å². The van der Waals surface area contributed by atoms with Crippen LogP contribution in [0.25, 0.3) is 0 Å². The number of benzene rings is 2. The number of thioether (sulfide) groups is 1. The number of amides is 1. The topological polar surface area (TPSA) is 46.3 Å². The number of hydrogen-bond donors (Lipinski definition) is 1. The standard InChI is InChI=1S/C17H18N2OS/c1-12-14(18)6-4-8-16(12)21-11-17(20)19-10-9-13-5-2-3-7-15(13)19/h2-8H,9-11,18H2,1H3. The molecule has 3 nitrogen and oxygen atoms in total. The van der Waals surface area contributed by atoms with Gasteiger partial charge in [0.25, 0.3) is 0 Å². The second-order valence-corrected chi connectivity index (χ2v) is 6.20. The summed E-state index contributed by atoms with van der Waals surface area (Å²) in [6.45, 7) is 2.78. The number of carbonyl (C=O) groups excluding carboxylic acids is 1. The summed E-state index contributed by atoms with van der Waals surface area (Å²) in [6.07, 6.45) is 0.948. The number of carbonyl (C=O) groups is 1. The quantitative estimate of drug-likeness (QED) is 0.699. The van der Waals surface area contributed by atoms with E-state index < -0.39 is 0 Å². The van der Waals surface area contributed by atoms with Gasteiger partial charge in [-0.05, 0) is 42.7 Å². The first-order valence-corrected chi connectivity index (χ1v) is 8.01. The van der Waals surface area contributed by atoms with Gasteiger partial charge in [-0.2, -0.15) is 0 Å². The summed E-state index contributed by atoms with van der Waals surface area (Å²) < 4.78 is 0. The van der Waals surface area contributed by atoms with Crippen LogP contribution in [0.4, 0.5) is 11.4 Å². The fourth-order valence-electron chi connectivity index (χ4n) is 2.60. The van der Waals surface area contributed by atoms with Gasteiger partial charge < -0.3 is 10.6 Å². The fraction of sp³-hybridized carbons (Fsp3) is 0.235. The van der Waals surface area contributed by atoms with Crippen molar-refractivity contribution in [2.24, 2.45) is 0 Å². The number of fused-ring (bicyclic) bond motifs is 1. The minimum Gasteiger partial charge on any atom is -0.398 e. The Bertz CT molecular complexity index is 684. The van der Waals surface area contributed by atoms with E-state index in [4.69, 9.17) is 5.73 Å². The predicted molar refractivity (Wildman–Crippen MR) is 88.8 cm³/mol. The first-order valence-electron chi connectivity index (χ1n) is 7.03. The molecule has 0 atom stereocenters. The van der Waals surface area contributed by atoms with Crippen molar-refractivity contribution in [2.45, 2.75) is 18.2 Å². The first-order chi connectivity index (χ1) is 10.2. The number of nitrogens with two attached hydrogens (primary N) is 1. The monoisotopic (exact) mass is 298 g/mol. The highest BCUT2D eigenvalue weighted by Gasteiger charge is 2.23. The normalized spacial score (nSPS) is 13.3. The van der Waals surface area contributed by atoms with Gasteiger partial charge in [0.05, 0.1) is 5.75 Å². The van der Waals surface area contributed by atoms with Crippen molar-refractivity contribution >= 4 is 29.0 Å². The maximum Gasteiger partial charge on any atom is 0.237 e. The zero-order valence-corrected chi connectivity index (χ0v) is 12.8. The maximum atomic E-state index is 12.5. The number of hydrogen-bond acceptors (Lipinski definition) is 3. The lowest BCUT2D eigenvalue weighted by Crippen LogP contribution is -2.30. The van der Waals surface area contributed by atoms with Crippen LogP contribution in [0.1, 0.15) is 11.1 Å². The number of nitrogen functional groups attached to an aromatic ring is 1. The molecule has 1 amide bonds. The van der Waals surface area contributed by atoms with Crippen LogP contribution in [0, 0.1) is 6.92 Å². The van der Waals surface area contributed by atoms with Crippen molar-refractivity contribution < 1.29 is 4.79 Å². The molecule has 1 aliphatic heterocycles. The molecule has 0 saturated heterocycles. The van der Waals surface area contributed by atoms with Crippen LogP contribution in [0.2, 0.25) is 0 Å². The highest BCUT2D eigenvalue weighted by molar-refractivity contribution is 8.00. The molecule has 0 radical (unpaired) electrons. The van der Waals surface area contributed by atoms with Gasteiger partial charge in [0.1, 0.15) is 0 Å². The van der Waals surface area contributed by atoms with Gasteiger partial charge in [0.15, 0.2) is 0 Å². The molecule has 0 fully saturated rings. The fourth-order valence-corrected chi connectivity index (χ4v) is 3.55. The van der Waals surface area contributed by atoms with Crippen LogP contribution in [-0.4, -0.2) is 18.2 Å². The van der Waals surface area contributed by atoms with Gasteiger partial charge >= 0.3 is 0 Å². The third kappa shape index (κ3) is 2.76. The van der Waals surface area contributed by atoms with Gasteiger partial charge in [0, 0.05) is 22.8 Å². The molecule has 2 aromatic rings. The second kappa shape index (κ2) is 5.82. The largest absolute Gasteiger partial charge is 0.398 e. The Morgan fingerprint density at radius 1 is 1.24 bits per heavy atom. The minimum absolute atomic E-state index is 0.159. The third-order valence-corrected chi connectivity index (χ3v) is 5.01. The molecule has 1 heterocycles. The Morgan fingerprint density at radius 3 is 2.90 bits per heavy atom. The highest BCUT2D eigenvalue weighted by atomic mass is 32.2. The third-order valence-electron chi connectivity index (χ3n) is 3.87. The molecule has 3 rings (SSSR count). The molecule has 1 aliphatic rings. The van der Waals surface area contributed by atoms with Crippen LogP contribution < -0.4 is 10.6 Å². The number of rotatable bonds is 3. The van der Waals surface area contributed by atoms with Crippen LogP contribution in [0.3, 0.4) is 0 Å². The van der Waals surface area contributed by atoms with Crippen molar-refractivity contribution in [3.63, 3.8) is 0 Å². The molecular weight excluding hydrogens is 280 g/mol. The first kappa shape index (κ1) is 14.0. The number of anilines is 2. The summed E-state index contributed by atoms with van der Waals surface area (Å²) in [6, 6.07) is 14.0. The summed E-state index contributed by atoms with van der Waals surface area (Å²) in [7, 11) is 0. The molecule has 0 aliphatic carbocycles. The zero-order valence-electron chi connectivity index (χ0n) is 12.0. The number of nitrogens with zero attached hydrogens (tertiary/aromatic N) is 1. The van der Waals surface area contributed by atoms with E-state index in [0.29, 0.717) is 5.75 Å². The van der Waals surface area contributed by atoms with Gasteiger partial charge in [-0.1, -0.05) is 24.3 Å². The van der Waals surface area contributed by atoms with E-state index in [1.807, 2.05) is 48.2 Å². The maximum absolute atomic E-state index is 12.5. The van der Waals surface area contributed by atoms with Crippen molar-refractivity contribution in [1.82, 2.24) is 0 Å². The van der Waals surface area contributed by atoms with Gasteiger partial charge in [-0.25, -0.2) is 0 Å². The van der Waals surface area contributed by atoms with Gasteiger partial charge in [-0.15, -0.1) is 11.8 Å². The van der Waals surface area contributed by atoms with Crippen LogP contribution >= 0.6 is 11.8 Å². The minimum atomic E-state index is 0.159. The van der Waals surface area contributed by atoms with Crippen LogP contribution in [0.5, 0.6) is 0 Å². The van der Waals surface area contributed by atoms with E-state index in [-0.39, 0.29) is 5.91 Å². The molecule has 4 heteroatoms. The van der Waals surface area contributed by atoms with Crippen molar-refractivity contribution in [2.75, 3.05) is 22.9 Å². The molecule has 2 aromatic carbocycles. The summed E-state index contributed by atoms with van der Waals surface area (Å²) in [4.78, 5) is 15.4. The van der Waals surface area contributed by atoms with E-state index in [1.54, 1.807) is 11.8 Å². The molecule has 0 saturated carbocycles. The zero-order chi connectivity index (χ0) is 14.8. The highest BCUT2D eigenvalue weighted by Crippen LogP contribution is 2.30. The Kier molecular flexibility index (Phi) is 3.88. The Hall–Kier alpha value is -1.94. The summed E-state index contributed by atoms with van der Waals surface area (Å²) in [5.74, 6) is 0.602. The van der Waals surface area contributed by atoms with E-state index in [2.05, 4.69) is 6.07 Å². The van der Waals surface area contributed by atoms with Crippen molar-refractivity contribution in [1.29, 1.82) is 0 Å². The number of para-hydroxylation sites is 1. The molecule has 0 aromatic heterocycles. The van der Waals surface area contributed by atoms with E-state index in [9.17, 15) is 4.79 Å². The van der Waals surface area contributed by atoms with Gasteiger partial charge in [0.2, 0.25) is 5.91 Å². The Morgan fingerprint density at radius 2 is 2.05 bits per heavy atom. The van der Waals surface area contributed by atoms with Gasteiger partial charge in [-0.3, -0.25) is 4.79 Å².